The minimum Gasteiger partial charge on any atom is -0.361 e. The number of fused-ring (bicyclic) bond motifs is 2. The molecule has 0 amide bonds. The molecule has 0 aliphatic carbocycles. The van der Waals surface area contributed by atoms with Crippen molar-refractivity contribution in [3.8, 4) is 0 Å². The Hall–Kier alpha value is -2.27. The summed E-state index contributed by atoms with van der Waals surface area (Å²) in [6, 6.07) is 14.4. The lowest BCUT2D eigenvalue weighted by atomic mass is 10.2. The molecule has 0 unspecified atom stereocenters. The molecule has 2 aromatic heterocycles. The topological polar surface area (TPSA) is 45.6 Å². The fourth-order valence-corrected chi connectivity index (χ4v) is 3.14. The summed E-state index contributed by atoms with van der Waals surface area (Å²) >= 11 is 3.53. The van der Waals surface area contributed by atoms with Crippen LogP contribution in [0.2, 0.25) is 0 Å². The number of para-hydroxylation sites is 2. The van der Waals surface area contributed by atoms with Gasteiger partial charge in [-0.15, -0.1) is 0 Å². The molecule has 0 radical (unpaired) electrons. The molecule has 0 bridgehead atoms. The molecule has 0 saturated carbocycles. The Bertz CT molecular complexity index is 967. The van der Waals surface area contributed by atoms with E-state index >= 15 is 0 Å². The molecule has 2 aromatic carbocycles. The number of aromatic amines is 1. The Labute approximate surface area is 136 Å². The predicted octanol–water partition coefficient (Wildman–Crippen LogP) is 4.43. The van der Waals surface area contributed by atoms with E-state index < -0.39 is 0 Å². The van der Waals surface area contributed by atoms with Gasteiger partial charge in [0.25, 0.3) is 0 Å². The number of halogens is 1. The molecule has 2 heterocycles. The van der Waals surface area contributed by atoms with Gasteiger partial charge in [-0.3, -0.25) is 0 Å². The monoisotopic (exact) mass is 354 g/mol. The summed E-state index contributed by atoms with van der Waals surface area (Å²) < 4.78 is 3.17. The molecule has 5 heteroatoms. The average molecular weight is 355 g/mol. The molecule has 0 saturated heterocycles. The molecule has 4 rings (SSSR count). The highest BCUT2D eigenvalue weighted by molar-refractivity contribution is 9.10. The van der Waals surface area contributed by atoms with Gasteiger partial charge in [0.05, 0.1) is 11.0 Å². The van der Waals surface area contributed by atoms with Crippen LogP contribution in [-0.4, -0.2) is 14.5 Å². The van der Waals surface area contributed by atoms with Crippen LogP contribution in [0.25, 0.3) is 21.9 Å². The number of nitrogens with one attached hydrogen (secondary N) is 2. The number of imidazole rings is 1. The maximum absolute atomic E-state index is 4.64. The van der Waals surface area contributed by atoms with E-state index in [9.17, 15) is 0 Å². The van der Waals surface area contributed by atoms with E-state index in [4.69, 9.17) is 0 Å². The average Bonchev–Trinajstić information content (AvgIpc) is 3.07. The minimum atomic E-state index is 0.730. The van der Waals surface area contributed by atoms with E-state index in [1.807, 2.05) is 37.5 Å². The van der Waals surface area contributed by atoms with Gasteiger partial charge in [-0.1, -0.05) is 28.1 Å². The number of nitrogens with zero attached hydrogens (tertiary/aromatic N) is 2. The third-order valence-corrected chi connectivity index (χ3v) is 4.45. The van der Waals surface area contributed by atoms with Gasteiger partial charge in [-0.05, 0) is 35.9 Å². The number of hydrogen-bond donors (Lipinski definition) is 2. The molecule has 110 valence electrons. The van der Waals surface area contributed by atoms with Gasteiger partial charge in [-0.2, -0.15) is 0 Å². The van der Waals surface area contributed by atoms with Crippen molar-refractivity contribution >= 4 is 43.8 Å². The number of aryl methyl sites for hydroxylation is 1. The van der Waals surface area contributed by atoms with E-state index in [-0.39, 0.29) is 0 Å². The summed E-state index contributed by atoms with van der Waals surface area (Å²) in [4.78, 5) is 7.95. The van der Waals surface area contributed by atoms with Crippen LogP contribution in [0.3, 0.4) is 0 Å². The maximum Gasteiger partial charge on any atom is 0.203 e. The molecule has 0 atom stereocenters. The lowest BCUT2D eigenvalue weighted by molar-refractivity contribution is 0.929. The molecule has 22 heavy (non-hydrogen) atoms. The summed E-state index contributed by atoms with van der Waals surface area (Å²) in [5.41, 5.74) is 4.51. The first-order valence-electron chi connectivity index (χ1n) is 7.13. The number of hydrogen-bond acceptors (Lipinski definition) is 2. The standard InChI is InChI=1S/C17H15BrN4/c1-22-16-5-3-2-4-15(16)21-17(22)20-10-11-9-19-14-7-6-12(18)8-13(11)14/h2-9,19H,10H2,1H3,(H,20,21). The van der Waals surface area contributed by atoms with Crippen molar-refractivity contribution in [1.29, 1.82) is 0 Å². The van der Waals surface area contributed by atoms with Crippen LogP contribution in [0.15, 0.2) is 53.1 Å². The molecule has 4 nitrogen and oxygen atoms in total. The summed E-state index contributed by atoms with van der Waals surface area (Å²) in [5.74, 6) is 0.880. The van der Waals surface area contributed by atoms with Crippen LogP contribution in [0, 0.1) is 0 Å². The fraction of sp³-hybridized carbons (Fsp3) is 0.118. The molecule has 0 spiro atoms. The summed E-state index contributed by atoms with van der Waals surface area (Å²) in [6.45, 7) is 0.730. The smallest absolute Gasteiger partial charge is 0.203 e. The van der Waals surface area contributed by atoms with E-state index in [0.717, 1.165) is 33.5 Å². The lowest BCUT2D eigenvalue weighted by Gasteiger charge is -2.05. The zero-order valence-electron chi connectivity index (χ0n) is 12.1. The Kier molecular flexibility index (Phi) is 3.15. The molecule has 2 N–H and O–H groups in total. The van der Waals surface area contributed by atoms with E-state index in [1.165, 1.54) is 10.9 Å². The number of H-pyrrole nitrogens is 1. The Morgan fingerprint density at radius 3 is 2.95 bits per heavy atom. The quantitative estimate of drug-likeness (QED) is 0.571. The first-order valence-corrected chi connectivity index (χ1v) is 7.92. The largest absolute Gasteiger partial charge is 0.361 e. The van der Waals surface area contributed by atoms with Crippen molar-refractivity contribution in [2.45, 2.75) is 6.54 Å². The van der Waals surface area contributed by atoms with Gasteiger partial charge in [-0.25, -0.2) is 4.98 Å². The fourth-order valence-electron chi connectivity index (χ4n) is 2.77. The highest BCUT2D eigenvalue weighted by Gasteiger charge is 2.08. The molecular weight excluding hydrogens is 340 g/mol. The zero-order chi connectivity index (χ0) is 15.1. The van der Waals surface area contributed by atoms with Crippen LogP contribution >= 0.6 is 15.9 Å². The van der Waals surface area contributed by atoms with Crippen LogP contribution in [-0.2, 0) is 13.6 Å². The lowest BCUT2D eigenvalue weighted by Crippen LogP contribution is -2.04. The Balaban J connectivity index is 1.65. The molecule has 0 aliphatic rings. The first-order chi connectivity index (χ1) is 10.7. The van der Waals surface area contributed by atoms with Crippen molar-refractivity contribution < 1.29 is 0 Å². The van der Waals surface area contributed by atoms with Crippen LogP contribution < -0.4 is 5.32 Å². The van der Waals surface area contributed by atoms with Gasteiger partial charge >= 0.3 is 0 Å². The highest BCUT2D eigenvalue weighted by Crippen LogP contribution is 2.24. The van der Waals surface area contributed by atoms with Crippen molar-refractivity contribution in [3.05, 3.63) is 58.7 Å². The van der Waals surface area contributed by atoms with Crippen molar-refractivity contribution in [3.63, 3.8) is 0 Å². The van der Waals surface area contributed by atoms with Gasteiger partial charge in [0.15, 0.2) is 0 Å². The van der Waals surface area contributed by atoms with Gasteiger partial charge < -0.3 is 14.9 Å². The van der Waals surface area contributed by atoms with Crippen LogP contribution in [0.1, 0.15) is 5.56 Å². The van der Waals surface area contributed by atoms with Gasteiger partial charge in [0.1, 0.15) is 0 Å². The van der Waals surface area contributed by atoms with Gasteiger partial charge in [0.2, 0.25) is 5.95 Å². The number of rotatable bonds is 3. The van der Waals surface area contributed by atoms with Crippen molar-refractivity contribution in [2.24, 2.45) is 7.05 Å². The first kappa shape index (κ1) is 13.4. The highest BCUT2D eigenvalue weighted by atomic mass is 79.9. The second-order valence-electron chi connectivity index (χ2n) is 5.34. The Morgan fingerprint density at radius 2 is 2.09 bits per heavy atom. The van der Waals surface area contributed by atoms with E-state index in [2.05, 4.69) is 54.0 Å². The number of anilines is 1. The van der Waals surface area contributed by atoms with Crippen LogP contribution in [0.5, 0.6) is 0 Å². The number of benzene rings is 2. The van der Waals surface area contributed by atoms with Gasteiger partial charge in [0, 0.05) is 35.2 Å². The zero-order valence-corrected chi connectivity index (χ0v) is 13.7. The third kappa shape index (κ3) is 2.18. The van der Waals surface area contributed by atoms with Crippen LogP contribution in [0.4, 0.5) is 5.95 Å². The third-order valence-electron chi connectivity index (χ3n) is 3.95. The second kappa shape index (κ2) is 5.18. The van der Waals surface area contributed by atoms with Crippen molar-refractivity contribution in [2.75, 3.05) is 5.32 Å². The van der Waals surface area contributed by atoms with E-state index in [0.29, 0.717) is 0 Å². The van der Waals surface area contributed by atoms with Crippen molar-refractivity contribution in [1.82, 2.24) is 14.5 Å². The molecule has 0 fully saturated rings. The summed E-state index contributed by atoms with van der Waals surface area (Å²) in [5, 5.41) is 4.66. The Morgan fingerprint density at radius 1 is 1.23 bits per heavy atom. The number of aromatic nitrogens is 3. The second-order valence-corrected chi connectivity index (χ2v) is 6.26. The molecule has 0 aliphatic heterocycles. The minimum absolute atomic E-state index is 0.730. The molecule has 4 aromatic rings. The summed E-state index contributed by atoms with van der Waals surface area (Å²) in [7, 11) is 2.03. The SMILES string of the molecule is Cn1c(NCc2c[nH]c3ccc(Br)cc23)nc2ccccc21. The predicted molar refractivity (Wildman–Crippen MR) is 94.0 cm³/mol. The molecular formula is C17H15BrN4. The maximum atomic E-state index is 4.64. The van der Waals surface area contributed by atoms with E-state index in [1.54, 1.807) is 0 Å². The normalized spacial score (nSPS) is 11.4. The summed E-state index contributed by atoms with van der Waals surface area (Å²) in [6.07, 6.45) is 2.05.